The molecule has 10 heteroatoms. The standard InChI is InChI=1S/C30H29N5O5/c36-28(37)14-16-34(18-21-8-2-1-3-9-21)29(38)27-19-35(33-32-27)17-15-31-30(39)40-20-26-24-12-6-4-10-22(24)23-11-5-7-13-25(23)26/h1-13,19,26H,14-18,20H2,(H,31,39)(H,36,37). The zero-order chi connectivity index (χ0) is 27.9. The van der Waals surface area contributed by atoms with Crippen LogP contribution in [-0.4, -0.2) is 62.7 Å². The Kier molecular flexibility index (Phi) is 8.15. The molecule has 0 unspecified atom stereocenters. The van der Waals surface area contributed by atoms with Gasteiger partial charge in [-0.15, -0.1) is 5.10 Å². The Hall–Kier alpha value is -4.99. The van der Waals surface area contributed by atoms with Crippen LogP contribution in [0.1, 0.15) is 39.5 Å². The van der Waals surface area contributed by atoms with Gasteiger partial charge < -0.3 is 20.1 Å². The molecule has 204 valence electrons. The van der Waals surface area contributed by atoms with Crippen molar-refractivity contribution in [2.24, 2.45) is 0 Å². The van der Waals surface area contributed by atoms with Crippen molar-refractivity contribution >= 4 is 18.0 Å². The number of alkyl carbamates (subject to hydrolysis) is 1. The number of hydrogen-bond acceptors (Lipinski definition) is 6. The van der Waals surface area contributed by atoms with Crippen LogP contribution in [0, 0.1) is 0 Å². The predicted octanol–water partition coefficient (Wildman–Crippen LogP) is 3.93. The van der Waals surface area contributed by atoms with E-state index in [0.29, 0.717) is 0 Å². The first-order valence-electron chi connectivity index (χ1n) is 13.0. The van der Waals surface area contributed by atoms with E-state index in [9.17, 15) is 14.4 Å². The minimum atomic E-state index is -0.992. The molecule has 1 heterocycles. The van der Waals surface area contributed by atoms with Crippen molar-refractivity contribution in [3.63, 3.8) is 0 Å². The number of carbonyl (C=O) groups excluding carboxylic acids is 2. The van der Waals surface area contributed by atoms with Crippen molar-refractivity contribution in [3.05, 3.63) is 107 Å². The zero-order valence-electron chi connectivity index (χ0n) is 21.8. The second kappa shape index (κ2) is 12.2. The molecule has 0 saturated carbocycles. The van der Waals surface area contributed by atoms with Crippen molar-refractivity contribution in [1.29, 1.82) is 0 Å². The van der Waals surface area contributed by atoms with E-state index in [4.69, 9.17) is 9.84 Å². The molecule has 0 atom stereocenters. The van der Waals surface area contributed by atoms with Gasteiger partial charge in [-0.25, -0.2) is 9.48 Å². The molecule has 10 nitrogen and oxygen atoms in total. The lowest BCUT2D eigenvalue weighted by Crippen LogP contribution is -2.33. The van der Waals surface area contributed by atoms with Crippen LogP contribution in [0.25, 0.3) is 11.1 Å². The average molecular weight is 540 g/mol. The first-order valence-corrected chi connectivity index (χ1v) is 13.0. The molecule has 3 aromatic carbocycles. The van der Waals surface area contributed by atoms with Crippen LogP contribution in [0.15, 0.2) is 85.1 Å². The van der Waals surface area contributed by atoms with Crippen molar-refractivity contribution in [2.45, 2.75) is 25.4 Å². The maximum atomic E-state index is 13.1. The maximum Gasteiger partial charge on any atom is 0.407 e. The summed E-state index contributed by atoms with van der Waals surface area (Å²) in [6, 6.07) is 25.6. The number of nitrogens with one attached hydrogen (secondary N) is 1. The second-order valence-corrected chi connectivity index (χ2v) is 9.48. The third kappa shape index (κ3) is 6.17. The fourth-order valence-corrected chi connectivity index (χ4v) is 4.88. The van der Waals surface area contributed by atoms with Crippen molar-refractivity contribution in [2.75, 3.05) is 19.7 Å². The van der Waals surface area contributed by atoms with E-state index in [2.05, 4.69) is 39.9 Å². The predicted molar refractivity (Wildman–Crippen MR) is 147 cm³/mol. The SMILES string of the molecule is O=C(O)CCN(Cc1ccccc1)C(=O)c1cn(CCNC(=O)OCC2c3ccccc3-c3ccccc32)nn1. The molecule has 5 rings (SSSR count). The van der Waals surface area contributed by atoms with Gasteiger partial charge in [-0.1, -0.05) is 84.1 Å². The summed E-state index contributed by atoms with van der Waals surface area (Å²) in [5, 5.41) is 19.8. The second-order valence-electron chi connectivity index (χ2n) is 9.48. The van der Waals surface area contributed by atoms with E-state index in [0.717, 1.165) is 27.8 Å². The Morgan fingerprint density at radius 1 is 0.925 bits per heavy atom. The number of ether oxygens (including phenoxy) is 1. The number of nitrogens with zero attached hydrogens (tertiary/aromatic N) is 4. The van der Waals surface area contributed by atoms with Gasteiger partial charge in [0.2, 0.25) is 0 Å². The van der Waals surface area contributed by atoms with E-state index in [-0.39, 0.29) is 50.8 Å². The summed E-state index contributed by atoms with van der Waals surface area (Å²) in [5.41, 5.74) is 5.58. The van der Waals surface area contributed by atoms with Crippen LogP contribution in [0.5, 0.6) is 0 Å². The Morgan fingerprint density at radius 2 is 1.57 bits per heavy atom. The molecule has 0 radical (unpaired) electrons. The van der Waals surface area contributed by atoms with Gasteiger partial charge in [0.1, 0.15) is 6.61 Å². The van der Waals surface area contributed by atoms with Crippen LogP contribution in [-0.2, 0) is 22.6 Å². The van der Waals surface area contributed by atoms with Crippen LogP contribution in [0.3, 0.4) is 0 Å². The Labute approximate surface area is 231 Å². The summed E-state index contributed by atoms with van der Waals surface area (Å²) in [6.45, 7) is 1.01. The Morgan fingerprint density at radius 3 is 2.25 bits per heavy atom. The number of hydrogen-bond donors (Lipinski definition) is 2. The third-order valence-corrected chi connectivity index (χ3v) is 6.81. The lowest BCUT2D eigenvalue weighted by Gasteiger charge is -2.21. The number of carbonyl (C=O) groups is 3. The minimum Gasteiger partial charge on any atom is -0.481 e. The summed E-state index contributed by atoms with van der Waals surface area (Å²) in [5.74, 6) is -1.43. The molecule has 0 spiro atoms. The van der Waals surface area contributed by atoms with Gasteiger partial charge >= 0.3 is 12.1 Å². The van der Waals surface area contributed by atoms with Gasteiger partial charge in [0.05, 0.1) is 19.2 Å². The molecule has 0 fully saturated rings. The normalized spacial score (nSPS) is 11.9. The number of benzene rings is 3. The van der Waals surface area contributed by atoms with Crippen LogP contribution < -0.4 is 5.32 Å². The molecule has 4 aromatic rings. The molecule has 0 saturated heterocycles. The molecule has 0 bridgehead atoms. The summed E-state index contributed by atoms with van der Waals surface area (Å²) >= 11 is 0. The molecule has 1 aliphatic rings. The van der Waals surface area contributed by atoms with E-state index in [1.807, 2.05) is 54.6 Å². The molecule has 1 aromatic heterocycles. The van der Waals surface area contributed by atoms with E-state index >= 15 is 0 Å². The Bertz CT molecular complexity index is 1460. The Balaban J connectivity index is 1.13. The van der Waals surface area contributed by atoms with Crippen LogP contribution in [0.4, 0.5) is 4.79 Å². The highest BCUT2D eigenvalue weighted by Crippen LogP contribution is 2.44. The monoisotopic (exact) mass is 539 g/mol. The quantitative estimate of drug-likeness (QED) is 0.296. The first-order chi connectivity index (χ1) is 19.5. The molecule has 2 N–H and O–H groups in total. The van der Waals surface area contributed by atoms with Gasteiger partial charge in [0.25, 0.3) is 5.91 Å². The smallest absolute Gasteiger partial charge is 0.407 e. The van der Waals surface area contributed by atoms with Gasteiger partial charge in [-0.3, -0.25) is 9.59 Å². The minimum absolute atomic E-state index is 0.0259. The molecule has 1 aliphatic carbocycles. The van der Waals surface area contributed by atoms with Crippen molar-refractivity contribution in [1.82, 2.24) is 25.2 Å². The number of aromatic nitrogens is 3. The van der Waals surface area contributed by atoms with Gasteiger partial charge in [-0.05, 0) is 27.8 Å². The number of carboxylic acid groups (broad SMARTS) is 1. The molecule has 0 aliphatic heterocycles. The number of rotatable bonds is 11. The fraction of sp³-hybridized carbons (Fsp3) is 0.233. The van der Waals surface area contributed by atoms with Crippen LogP contribution in [0.2, 0.25) is 0 Å². The molecular weight excluding hydrogens is 510 g/mol. The van der Waals surface area contributed by atoms with Gasteiger partial charge in [-0.2, -0.15) is 0 Å². The van der Waals surface area contributed by atoms with Gasteiger partial charge in [0.15, 0.2) is 5.69 Å². The van der Waals surface area contributed by atoms with E-state index in [1.54, 1.807) is 0 Å². The van der Waals surface area contributed by atoms with E-state index < -0.39 is 18.0 Å². The highest BCUT2D eigenvalue weighted by Gasteiger charge is 2.29. The number of carboxylic acids is 1. The fourth-order valence-electron chi connectivity index (χ4n) is 4.88. The summed E-state index contributed by atoms with van der Waals surface area (Å²) in [4.78, 5) is 38.0. The van der Waals surface area contributed by atoms with Crippen molar-refractivity contribution < 1.29 is 24.2 Å². The molecule has 2 amide bonds. The first kappa shape index (κ1) is 26.6. The average Bonchev–Trinajstić information content (AvgIpc) is 3.57. The van der Waals surface area contributed by atoms with Crippen LogP contribution >= 0.6 is 0 Å². The van der Waals surface area contributed by atoms with Crippen molar-refractivity contribution in [3.8, 4) is 11.1 Å². The summed E-state index contributed by atoms with van der Waals surface area (Å²) < 4.78 is 7.00. The molecule has 40 heavy (non-hydrogen) atoms. The summed E-state index contributed by atoms with van der Waals surface area (Å²) in [6.07, 6.45) is 0.762. The third-order valence-electron chi connectivity index (χ3n) is 6.81. The highest BCUT2D eigenvalue weighted by atomic mass is 16.5. The number of aliphatic carboxylic acids is 1. The lowest BCUT2D eigenvalue weighted by atomic mass is 9.98. The van der Waals surface area contributed by atoms with Gasteiger partial charge in [0, 0.05) is 25.6 Å². The number of amides is 2. The van der Waals surface area contributed by atoms with E-state index in [1.165, 1.54) is 15.8 Å². The maximum absolute atomic E-state index is 13.1. The summed E-state index contributed by atoms with van der Waals surface area (Å²) in [7, 11) is 0. The largest absolute Gasteiger partial charge is 0.481 e. The zero-order valence-corrected chi connectivity index (χ0v) is 21.8. The lowest BCUT2D eigenvalue weighted by molar-refractivity contribution is -0.137. The highest BCUT2D eigenvalue weighted by molar-refractivity contribution is 5.92. The topological polar surface area (TPSA) is 127 Å². The number of fused-ring (bicyclic) bond motifs is 3. The molecular formula is C30H29N5O5.